The van der Waals surface area contributed by atoms with E-state index in [0.717, 1.165) is 16.7 Å². The summed E-state index contributed by atoms with van der Waals surface area (Å²) in [5.41, 5.74) is 5.94. The Labute approximate surface area is 161 Å². The van der Waals surface area contributed by atoms with Gasteiger partial charge in [0.25, 0.3) is 0 Å². The molecule has 1 unspecified atom stereocenters. The minimum absolute atomic E-state index is 0.126. The second-order valence-corrected chi connectivity index (χ2v) is 7.20. The molecule has 1 amide bonds. The molecule has 0 bridgehead atoms. The molecule has 148 valence electrons. The molecule has 28 heavy (non-hydrogen) atoms. The molecule has 0 aliphatic heterocycles. The Balaban J connectivity index is 1.92. The van der Waals surface area contributed by atoms with Crippen LogP contribution in [0, 0.1) is 0 Å². The summed E-state index contributed by atoms with van der Waals surface area (Å²) in [6.45, 7) is 1.73. The summed E-state index contributed by atoms with van der Waals surface area (Å²) in [6.07, 6.45) is -2.69. The second kappa shape index (κ2) is 7.19. The highest BCUT2D eigenvalue weighted by atomic mass is 32.2. The number of hydrogen-bond donors (Lipinski definition) is 3. The molecule has 3 aromatic rings. The fourth-order valence-corrected chi connectivity index (χ4v) is 3.36. The van der Waals surface area contributed by atoms with Crippen molar-refractivity contribution in [1.82, 2.24) is 19.9 Å². The van der Waals surface area contributed by atoms with E-state index in [0.29, 0.717) is 28.4 Å². The number of halogens is 3. The van der Waals surface area contributed by atoms with E-state index < -0.39 is 23.2 Å². The van der Waals surface area contributed by atoms with Crippen LogP contribution in [0.5, 0.6) is 0 Å². The number of aromatic nitrogens is 4. The van der Waals surface area contributed by atoms with Crippen LogP contribution in [0.3, 0.4) is 0 Å². The number of hydrogen-bond acceptors (Lipinski definition) is 6. The zero-order valence-electron chi connectivity index (χ0n) is 14.7. The van der Waals surface area contributed by atoms with Gasteiger partial charge in [0.2, 0.25) is 0 Å². The average Bonchev–Trinajstić information content (AvgIpc) is 3.02. The standard InChI is InChI=1S/C16H15F3N6O2S/c1-7(28-14-23-12(16(17,18)19)4-13(20)24-14)9-3-8-10(5-21-9)22-6-11(8)25(2)15(26)27/h3-7,22H,1-2H3,(H,26,27)(H2,20,23,24). The highest BCUT2D eigenvalue weighted by Gasteiger charge is 2.33. The van der Waals surface area contributed by atoms with E-state index in [2.05, 4.69) is 19.9 Å². The number of carboxylic acid groups (broad SMARTS) is 1. The third-order valence-electron chi connectivity index (χ3n) is 3.93. The maximum Gasteiger partial charge on any atom is 0.433 e. The van der Waals surface area contributed by atoms with Gasteiger partial charge in [-0.25, -0.2) is 14.8 Å². The van der Waals surface area contributed by atoms with Gasteiger partial charge in [-0.1, -0.05) is 11.8 Å². The lowest BCUT2D eigenvalue weighted by Crippen LogP contribution is -2.23. The fraction of sp³-hybridized carbons (Fsp3) is 0.250. The first kappa shape index (κ1) is 19.7. The third-order valence-corrected chi connectivity index (χ3v) is 4.92. The molecule has 0 radical (unpaired) electrons. The SMILES string of the molecule is CC(Sc1nc(N)cc(C(F)(F)F)n1)c1cc2c(N(C)C(=O)O)c[nH]c2cn1. The Morgan fingerprint density at radius 1 is 1.36 bits per heavy atom. The van der Waals surface area contributed by atoms with Crippen molar-refractivity contribution in [2.24, 2.45) is 0 Å². The van der Waals surface area contributed by atoms with E-state index in [1.54, 1.807) is 19.2 Å². The third kappa shape index (κ3) is 3.96. The predicted molar refractivity (Wildman–Crippen MR) is 98.2 cm³/mol. The van der Waals surface area contributed by atoms with Gasteiger partial charge in [-0.3, -0.25) is 9.88 Å². The summed E-state index contributed by atoms with van der Waals surface area (Å²) >= 11 is 0.968. The van der Waals surface area contributed by atoms with Crippen LogP contribution in [-0.2, 0) is 6.18 Å². The molecule has 0 saturated carbocycles. The summed E-state index contributed by atoms with van der Waals surface area (Å²) in [5, 5.41) is 9.26. The van der Waals surface area contributed by atoms with E-state index in [9.17, 15) is 23.1 Å². The zero-order chi connectivity index (χ0) is 20.6. The van der Waals surface area contributed by atoms with Gasteiger partial charge >= 0.3 is 12.3 Å². The van der Waals surface area contributed by atoms with Crippen molar-refractivity contribution in [3.63, 3.8) is 0 Å². The summed E-state index contributed by atoms with van der Waals surface area (Å²) in [7, 11) is 1.41. The number of nitrogens with two attached hydrogens (primary N) is 1. The van der Waals surface area contributed by atoms with Gasteiger partial charge in [0.15, 0.2) is 10.9 Å². The maximum absolute atomic E-state index is 12.9. The van der Waals surface area contributed by atoms with Crippen molar-refractivity contribution < 1.29 is 23.1 Å². The number of anilines is 2. The molecule has 3 rings (SSSR count). The van der Waals surface area contributed by atoms with Gasteiger partial charge in [-0.2, -0.15) is 13.2 Å². The molecule has 0 aliphatic rings. The molecule has 12 heteroatoms. The monoisotopic (exact) mass is 412 g/mol. The zero-order valence-corrected chi connectivity index (χ0v) is 15.5. The Morgan fingerprint density at radius 3 is 2.71 bits per heavy atom. The lowest BCUT2D eigenvalue weighted by molar-refractivity contribution is -0.141. The van der Waals surface area contributed by atoms with Gasteiger partial charge in [0, 0.05) is 24.7 Å². The summed E-state index contributed by atoms with van der Waals surface area (Å²) in [4.78, 5) is 26.9. The number of pyridine rings is 1. The number of fused-ring (bicyclic) bond motifs is 1. The number of thioether (sulfide) groups is 1. The number of alkyl halides is 3. The minimum Gasteiger partial charge on any atom is -0.465 e. The molecular formula is C16H15F3N6O2S. The second-order valence-electron chi connectivity index (χ2n) is 5.89. The molecule has 4 N–H and O–H groups in total. The van der Waals surface area contributed by atoms with Crippen LogP contribution >= 0.6 is 11.8 Å². The summed E-state index contributed by atoms with van der Waals surface area (Å²) in [5.74, 6) is -0.281. The van der Waals surface area contributed by atoms with Crippen molar-refractivity contribution in [2.45, 2.75) is 23.5 Å². The Bertz CT molecular complexity index is 1040. The molecule has 3 heterocycles. The van der Waals surface area contributed by atoms with Crippen molar-refractivity contribution >= 4 is 40.3 Å². The van der Waals surface area contributed by atoms with Gasteiger partial charge in [-0.15, -0.1) is 0 Å². The first-order valence-corrected chi connectivity index (χ1v) is 8.76. The van der Waals surface area contributed by atoms with Crippen LogP contribution in [0.2, 0.25) is 0 Å². The number of nitrogens with one attached hydrogen (secondary N) is 1. The number of H-pyrrole nitrogens is 1. The predicted octanol–water partition coefficient (Wildman–Crippen LogP) is 3.92. The van der Waals surface area contributed by atoms with Crippen molar-refractivity contribution in [3.8, 4) is 0 Å². The number of nitrogens with zero attached hydrogens (tertiary/aromatic N) is 4. The average molecular weight is 412 g/mol. The Kier molecular flexibility index (Phi) is 5.06. The molecule has 8 nitrogen and oxygen atoms in total. The number of carbonyl (C=O) groups is 1. The van der Waals surface area contributed by atoms with Crippen LogP contribution in [-0.4, -0.2) is 38.2 Å². The van der Waals surface area contributed by atoms with E-state index in [1.165, 1.54) is 13.2 Å². The minimum atomic E-state index is -4.63. The van der Waals surface area contributed by atoms with E-state index >= 15 is 0 Å². The van der Waals surface area contributed by atoms with Gasteiger partial charge < -0.3 is 15.8 Å². The van der Waals surface area contributed by atoms with Crippen LogP contribution < -0.4 is 10.6 Å². The molecule has 0 fully saturated rings. The van der Waals surface area contributed by atoms with E-state index in [-0.39, 0.29) is 11.0 Å². The molecule has 0 aliphatic carbocycles. The highest BCUT2D eigenvalue weighted by molar-refractivity contribution is 7.99. The van der Waals surface area contributed by atoms with Gasteiger partial charge in [-0.05, 0) is 13.0 Å². The Hall–Kier alpha value is -3.02. The largest absolute Gasteiger partial charge is 0.465 e. The topological polar surface area (TPSA) is 121 Å². The lowest BCUT2D eigenvalue weighted by Gasteiger charge is -2.14. The maximum atomic E-state index is 12.9. The normalized spacial score (nSPS) is 12.9. The molecular weight excluding hydrogens is 397 g/mol. The summed E-state index contributed by atoms with van der Waals surface area (Å²) < 4.78 is 38.7. The Morgan fingerprint density at radius 2 is 2.07 bits per heavy atom. The van der Waals surface area contributed by atoms with Crippen LogP contribution in [0.25, 0.3) is 10.9 Å². The molecule has 0 saturated heterocycles. The lowest BCUT2D eigenvalue weighted by atomic mass is 10.2. The van der Waals surface area contributed by atoms with E-state index in [1.807, 2.05) is 0 Å². The van der Waals surface area contributed by atoms with Gasteiger partial charge in [0.1, 0.15) is 5.82 Å². The smallest absolute Gasteiger partial charge is 0.433 e. The molecule has 3 aromatic heterocycles. The quantitative estimate of drug-likeness (QED) is 0.439. The van der Waals surface area contributed by atoms with Crippen molar-refractivity contribution in [2.75, 3.05) is 17.7 Å². The highest BCUT2D eigenvalue weighted by Crippen LogP contribution is 2.36. The number of rotatable bonds is 4. The van der Waals surface area contributed by atoms with Crippen LogP contribution in [0.15, 0.2) is 29.7 Å². The first-order valence-electron chi connectivity index (χ1n) is 7.88. The number of aromatic amines is 1. The number of nitrogen functional groups attached to an aromatic ring is 1. The van der Waals surface area contributed by atoms with Crippen molar-refractivity contribution in [1.29, 1.82) is 0 Å². The molecule has 1 atom stereocenters. The van der Waals surface area contributed by atoms with Crippen LogP contribution in [0.1, 0.15) is 23.6 Å². The molecule has 0 spiro atoms. The fourth-order valence-electron chi connectivity index (χ4n) is 2.48. The van der Waals surface area contributed by atoms with Gasteiger partial charge in [0.05, 0.1) is 28.3 Å². The number of amides is 1. The van der Waals surface area contributed by atoms with E-state index in [4.69, 9.17) is 5.73 Å². The van der Waals surface area contributed by atoms with Crippen LogP contribution in [0.4, 0.5) is 29.5 Å². The molecule has 0 aromatic carbocycles. The summed E-state index contributed by atoms with van der Waals surface area (Å²) in [6, 6.07) is 2.35. The van der Waals surface area contributed by atoms with Crippen molar-refractivity contribution in [3.05, 3.63) is 35.9 Å². The first-order chi connectivity index (χ1) is 13.1.